The normalized spacial score (nSPS) is 18.8. The molecule has 2 rings (SSSR count). The molecule has 3 atom stereocenters. The largest absolute Gasteiger partial charge is 0.481 e. The molecule has 1 aliphatic heterocycles. The fraction of sp³-hybridized carbons (Fsp3) is 0.429. The lowest BCUT2D eigenvalue weighted by Crippen LogP contribution is -2.46. The Bertz CT molecular complexity index is 813. The van der Waals surface area contributed by atoms with E-state index in [-0.39, 0.29) is 12.3 Å². The highest BCUT2D eigenvalue weighted by Crippen LogP contribution is 2.26. The fourth-order valence-corrected chi connectivity index (χ4v) is 3.49. The first-order valence-electron chi connectivity index (χ1n) is 9.54. The number of carboxylic acid groups (broad SMARTS) is 1. The van der Waals surface area contributed by atoms with Crippen LogP contribution in [0.4, 0.5) is 5.69 Å². The van der Waals surface area contributed by atoms with Gasteiger partial charge >= 0.3 is 5.97 Å². The van der Waals surface area contributed by atoms with E-state index in [0.717, 1.165) is 17.7 Å². The molecule has 0 bridgehead atoms. The van der Waals surface area contributed by atoms with Crippen molar-refractivity contribution < 1.29 is 19.5 Å². The summed E-state index contributed by atoms with van der Waals surface area (Å²) in [5, 5.41) is 15.3. The van der Waals surface area contributed by atoms with Crippen molar-refractivity contribution in [3.63, 3.8) is 0 Å². The lowest BCUT2D eigenvalue weighted by molar-refractivity contribution is -0.142. The molecule has 4 N–H and O–H groups in total. The topological polar surface area (TPSA) is 125 Å². The van der Waals surface area contributed by atoms with Crippen LogP contribution in [0.25, 0.3) is 0 Å². The Morgan fingerprint density at radius 3 is 2.69 bits per heavy atom. The molecule has 0 spiro atoms. The van der Waals surface area contributed by atoms with Gasteiger partial charge in [-0.3, -0.25) is 14.4 Å². The van der Waals surface area contributed by atoms with Crippen LogP contribution in [-0.2, 0) is 14.4 Å². The SMILES string of the molecule is C#C[C@@H](NC(=O)CC1CCCN(c2ccc(C=NN)cc2)C1=O)C(CC)C(=O)O. The zero-order valence-electron chi connectivity index (χ0n) is 16.4. The van der Waals surface area contributed by atoms with E-state index in [0.29, 0.717) is 19.4 Å². The zero-order valence-corrected chi connectivity index (χ0v) is 16.4. The molecule has 1 saturated heterocycles. The average Bonchev–Trinajstić information content (AvgIpc) is 2.70. The molecule has 0 aliphatic carbocycles. The molecule has 2 unspecified atom stereocenters. The third-order valence-corrected chi connectivity index (χ3v) is 5.07. The van der Waals surface area contributed by atoms with Gasteiger partial charge in [-0.25, -0.2) is 0 Å². The molecule has 0 aromatic heterocycles. The van der Waals surface area contributed by atoms with Crippen molar-refractivity contribution in [3.8, 4) is 12.3 Å². The van der Waals surface area contributed by atoms with Crippen LogP contribution in [0.1, 0.15) is 38.2 Å². The number of hydrazone groups is 1. The van der Waals surface area contributed by atoms with Crippen molar-refractivity contribution in [3.05, 3.63) is 29.8 Å². The molecule has 8 heteroatoms. The summed E-state index contributed by atoms with van der Waals surface area (Å²) in [6, 6.07) is 6.33. The van der Waals surface area contributed by atoms with Crippen LogP contribution in [0.2, 0.25) is 0 Å². The van der Waals surface area contributed by atoms with Gasteiger partial charge in [0.1, 0.15) is 6.04 Å². The minimum Gasteiger partial charge on any atom is -0.481 e. The van der Waals surface area contributed by atoms with Crippen LogP contribution in [0.15, 0.2) is 29.4 Å². The van der Waals surface area contributed by atoms with Crippen LogP contribution in [0, 0.1) is 24.2 Å². The maximum atomic E-state index is 12.9. The number of nitrogens with zero attached hydrogens (tertiary/aromatic N) is 2. The maximum absolute atomic E-state index is 12.9. The molecule has 1 aliphatic rings. The van der Waals surface area contributed by atoms with E-state index in [1.54, 1.807) is 11.8 Å². The highest BCUT2D eigenvalue weighted by atomic mass is 16.4. The lowest BCUT2D eigenvalue weighted by Gasteiger charge is -2.32. The predicted octanol–water partition coefficient (Wildman–Crippen LogP) is 1.34. The number of aliphatic carboxylic acids is 1. The fourth-order valence-electron chi connectivity index (χ4n) is 3.49. The summed E-state index contributed by atoms with van der Waals surface area (Å²) in [7, 11) is 0. The third kappa shape index (κ3) is 5.57. The highest BCUT2D eigenvalue weighted by molar-refractivity contribution is 5.98. The molecule has 1 aromatic carbocycles. The number of benzene rings is 1. The van der Waals surface area contributed by atoms with E-state index in [1.807, 2.05) is 24.3 Å². The van der Waals surface area contributed by atoms with E-state index >= 15 is 0 Å². The van der Waals surface area contributed by atoms with Crippen molar-refractivity contribution in [1.29, 1.82) is 0 Å². The molecule has 1 fully saturated rings. The van der Waals surface area contributed by atoms with E-state index in [1.165, 1.54) is 6.21 Å². The van der Waals surface area contributed by atoms with Gasteiger partial charge < -0.3 is 21.2 Å². The molecule has 29 heavy (non-hydrogen) atoms. The van der Waals surface area contributed by atoms with Crippen molar-refractivity contribution in [2.24, 2.45) is 22.8 Å². The number of amides is 2. The molecule has 154 valence electrons. The highest BCUT2D eigenvalue weighted by Gasteiger charge is 2.33. The third-order valence-electron chi connectivity index (χ3n) is 5.07. The second-order valence-electron chi connectivity index (χ2n) is 6.97. The second-order valence-corrected chi connectivity index (χ2v) is 6.97. The first-order valence-corrected chi connectivity index (χ1v) is 9.54. The van der Waals surface area contributed by atoms with Gasteiger partial charge in [-0.15, -0.1) is 6.42 Å². The minimum absolute atomic E-state index is 0.0263. The number of terminal acetylenes is 1. The smallest absolute Gasteiger partial charge is 0.309 e. The summed E-state index contributed by atoms with van der Waals surface area (Å²) in [5.74, 6) is 4.54. The van der Waals surface area contributed by atoms with Gasteiger partial charge in [0.15, 0.2) is 0 Å². The van der Waals surface area contributed by atoms with Crippen LogP contribution in [0.3, 0.4) is 0 Å². The standard InChI is InChI=1S/C21H26N4O4/c1-3-17(21(28)29)18(4-2)24-19(26)12-15-6-5-11-25(20(15)27)16-9-7-14(8-10-16)13-23-22/h2,7-10,13,15,17-18H,3,5-6,11-12,22H2,1H3,(H,24,26)(H,28,29)/t15?,17?,18-/m1/s1. The zero-order chi connectivity index (χ0) is 21.4. The van der Waals surface area contributed by atoms with Gasteiger partial charge in [-0.2, -0.15) is 5.10 Å². The molecule has 0 saturated carbocycles. The molecule has 1 heterocycles. The first-order chi connectivity index (χ1) is 13.9. The van der Waals surface area contributed by atoms with E-state index in [2.05, 4.69) is 16.3 Å². The van der Waals surface area contributed by atoms with Gasteiger partial charge in [0.05, 0.1) is 12.1 Å². The Morgan fingerprint density at radius 1 is 1.45 bits per heavy atom. The van der Waals surface area contributed by atoms with Crippen molar-refractivity contribution >= 4 is 29.7 Å². The van der Waals surface area contributed by atoms with E-state index in [9.17, 15) is 19.5 Å². The predicted molar refractivity (Wildman–Crippen MR) is 110 cm³/mol. The molecule has 0 radical (unpaired) electrons. The van der Waals surface area contributed by atoms with Crippen molar-refractivity contribution in [1.82, 2.24) is 5.32 Å². The summed E-state index contributed by atoms with van der Waals surface area (Å²) < 4.78 is 0. The number of anilines is 1. The quantitative estimate of drug-likeness (QED) is 0.264. The number of rotatable bonds is 8. The van der Waals surface area contributed by atoms with Crippen LogP contribution in [0.5, 0.6) is 0 Å². The summed E-state index contributed by atoms with van der Waals surface area (Å²) in [6.07, 6.45) is 8.55. The molecular weight excluding hydrogens is 372 g/mol. The maximum Gasteiger partial charge on any atom is 0.309 e. The van der Waals surface area contributed by atoms with Crippen molar-refractivity contribution in [2.45, 2.75) is 38.6 Å². The minimum atomic E-state index is -1.06. The lowest BCUT2D eigenvalue weighted by atomic mass is 9.92. The van der Waals surface area contributed by atoms with Crippen LogP contribution < -0.4 is 16.1 Å². The van der Waals surface area contributed by atoms with E-state index < -0.39 is 29.8 Å². The monoisotopic (exact) mass is 398 g/mol. The molecule has 8 nitrogen and oxygen atoms in total. The Balaban J connectivity index is 2.03. The first kappa shape index (κ1) is 22.0. The molecular formula is C21H26N4O4. The number of carbonyl (C=O) groups is 3. The Hall–Kier alpha value is -3.34. The number of hydrogen-bond acceptors (Lipinski definition) is 5. The van der Waals surface area contributed by atoms with Crippen LogP contribution in [-0.4, -0.2) is 41.7 Å². The number of hydrogen-bond donors (Lipinski definition) is 3. The summed E-state index contributed by atoms with van der Waals surface area (Å²) in [6.45, 7) is 2.27. The van der Waals surface area contributed by atoms with Crippen LogP contribution >= 0.6 is 0 Å². The number of piperidine rings is 1. The molecule has 1 aromatic rings. The van der Waals surface area contributed by atoms with Gasteiger partial charge in [0, 0.05) is 24.6 Å². The van der Waals surface area contributed by atoms with Gasteiger partial charge in [-0.05, 0) is 37.0 Å². The Morgan fingerprint density at radius 2 is 2.14 bits per heavy atom. The van der Waals surface area contributed by atoms with E-state index in [4.69, 9.17) is 12.3 Å². The van der Waals surface area contributed by atoms with Gasteiger partial charge in [0.25, 0.3) is 0 Å². The Labute approximate surface area is 170 Å². The second kappa shape index (κ2) is 10.3. The molecule has 2 amide bonds. The summed E-state index contributed by atoms with van der Waals surface area (Å²) >= 11 is 0. The summed E-state index contributed by atoms with van der Waals surface area (Å²) in [4.78, 5) is 38.3. The van der Waals surface area contributed by atoms with Gasteiger partial charge in [0.2, 0.25) is 11.8 Å². The number of carboxylic acids is 1. The Kier molecular flexibility index (Phi) is 7.78. The van der Waals surface area contributed by atoms with Gasteiger partial charge in [-0.1, -0.05) is 25.0 Å². The van der Waals surface area contributed by atoms with Crippen molar-refractivity contribution in [2.75, 3.05) is 11.4 Å². The summed E-state index contributed by atoms with van der Waals surface area (Å²) in [5.41, 5.74) is 1.56. The number of nitrogens with one attached hydrogen (secondary N) is 1. The average molecular weight is 398 g/mol. The number of nitrogens with two attached hydrogens (primary N) is 1. The number of carbonyl (C=O) groups excluding carboxylic acids is 2.